The lowest BCUT2D eigenvalue weighted by Gasteiger charge is -2.22. The Bertz CT molecular complexity index is 548. The number of anilines is 1. The van der Waals surface area contributed by atoms with Crippen molar-refractivity contribution in [2.75, 3.05) is 12.3 Å². The van der Waals surface area contributed by atoms with Crippen LogP contribution >= 0.6 is 11.3 Å². The molecule has 2 aromatic heterocycles. The highest BCUT2D eigenvalue weighted by molar-refractivity contribution is 7.18. The van der Waals surface area contributed by atoms with Gasteiger partial charge in [0, 0.05) is 11.5 Å². The Balaban J connectivity index is 2.56. The van der Waals surface area contributed by atoms with Gasteiger partial charge in [-0.25, -0.2) is 9.97 Å². The number of hydrogen-bond acceptors (Lipinski definition) is 5. The van der Waals surface area contributed by atoms with Gasteiger partial charge in [0.25, 0.3) is 0 Å². The number of hydrogen-bond donors (Lipinski definition) is 1. The zero-order chi connectivity index (χ0) is 12.6. The van der Waals surface area contributed by atoms with Gasteiger partial charge in [-0.2, -0.15) is 0 Å². The molecule has 0 radical (unpaired) electrons. The molecule has 2 aromatic rings. The van der Waals surface area contributed by atoms with Crippen molar-refractivity contribution in [2.24, 2.45) is 0 Å². The van der Waals surface area contributed by atoms with Gasteiger partial charge in [0.1, 0.15) is 16.2 Å². The molecule has 2 rings (SSSR count). The number of aromatic nitrogens is 2. The molecule has 92 valence electrons. The molecule has 0 aliphatic rings. The minimum atomic E-state index is -0.505. The molecule has 0 aromatic carbocycles. The molecule has 0 aliphatic heterocycles. The van der Waals surface area contributed by atoms with Gasteiger partial charge in [0.05, 0.1) is 5.39 Å². The first-order chi connectivity index (χ1) is 7.94. The fourth-order valence-corrected chi connectivity index (χ4v) is 2.65. The van der Waals surface area contributed by atoms with Crippen LogP contribution in [0, 0.1) is 6.92 Å². The number of rotatable bonds is 3. The van der Waals surface area contributed by atoms with Crippen LogP contribution in [0.1, 0.15) is 31.5 Å². The van der Waals surface area contributed by atoms with Crippen LogP contribution in [0.2, 0.25) is 0 Å². The molecule has 2 heterocycles. The van der Waals surface area contributed by atoms with E-state index in [4.69, 9.17) is 10.5 Å². The first-order valence-corrected chi connectivity index (χ1v) is 6.44. The van der Waals surface area contributed by atoms with E-state index in [1.54, 1.807) is 11.3 Å². The molecule has 17 heavy (non-hydrogen) atoms. The molecule has 0 spiro atoms. The number of nitrogen functional groups attached to an aromatic ring is 1. The van der Waals surface area contributed by atoms with Gasteiger partial charge < -0.3 is 10.5 Å². The van der Waals surface area contributed by atoms with Crippen molar-refractivity contribution in [1.29, 1.82) is 0 Å². The number of thiophene rings is 1. The Labute approximate surface area is 105 Å². The Kier molecular flexibility index (Phi) is 3.05. The Morgan fingerprint density at radius 1 is 1.41 bits per heavy atom. The third kappa shape index (κ3) is 2.25. The summed E-state index contributed by atoms with van der Waals surface area (Å²) in [5.74, 6) is 1.17. The molecule has 4 nitrogen and oxygen atoms in total. The van der Waals surface area contributed by atoms with Gasteiger partial charge in [-0.3, -0.25) is 0 Å². The van der Waals surface area contributed by atoms with Crippen LogP contribution in [0.5, 0.6) is 0 Å². The fourth-order valence-electron chi connectivity index (χ4n) is 1.76. The van der Waals surface area contributed by atoms with E-state index in [-0.39, 0.29) is 0 Å². The first kappa shape index (κ1) is 12.3. The summed E-state index contributed by atoms with van der Waals surface area (Å²) in [5, 5.41) is 0.934. The van der Waals surface area contributed by atoms with Crippen molar-refractivity contribution in [1.82, 2.24) is 9.97 Å². The zero-order valence-electron chi connectivity index (χ0n) is 10.6. The van der Waals surface area contributed by atoms with Gasteiger partial charge in [-0.15, -0.1) is 11.3 Å². The minimum absolute atomic E-state index is 0.505. The molecule has 0 aliphatic carbocycles. The predicted octanol–water partition coefficient (Wildman–Crippen LogP) is 2.85. The van der Waals surface area contributed by atoms with Crippen LogP contribution < -0.4 is 5.73 Å². The van der Waals surface area contributed by atoms with Crippen LogP contribution in [0.3, 0.4) is 0 Å². The summed E-state index contributed by atoms with van der Waals surface area (Å²) in [6.07, 6.45) is 0. The Hall–Kier alpha value is -1.20. The molecular weight excluding hydrogens is 234 g/mol. The van der Waals surface area contributed by atoms with E-state index < -0.39 is 5.60 Å². The van der Waals surface area contributed by atoms with E-state index in [0.717, 1.165) is 10.2 Å². The van der Waals surface area contributed by atoms with Gasteiger partial charge in [0.2, 0.25) is 0 Å². The minimum Gasteiger partial charge on any atom is -0.383 e. The third-order valence-corrected chi connectivity index (χ3v) is 3.53. The van der Waals surface area contributed by atoms with E-state index in [1.165, 1.54) is 4.88 Å². The summed E-state index contributed by atoms with van der Waals surface area (Å²) in [4.78, 5) is 11.0. The number of aryl methyl sites for hydroxylation is 1. The van der Waals surface area contributed by atoms with E-state index >= 15 is 0 Å². The maximum absolute atomic E-state index is 5.96. The lowest BCUT2D eigenvalue weighted by Crippen LogP contribution is -2.25. The molecule has 0 atom stereocenters. The number of fused-ring (bicyclic) bond motifs is 1. The lowest BCUT2D eigenvalue weighted by atomic mass is 10.1. The predicted molar refractivity (Wildman–Crippen MR) is 71.2 cm³/mol. The van der Waals surface area contributed by atoms with Crippen LogP contribution in [-0.2, 0) is 10.3 Å². The Morgan fingerprint density at radius 2 is 2.12 bits per heavy atom. The average Bonchev–Trinajstić information content (AvgIpc) is 2.59. The third-order valence-electron chi connectivity index (χ3n) is 2.59. The van der Waals surface area contributed by atoms with Crippen LogP contribution in [-0.4, -0.2) is 16.6 Å². The van der Waals surface area contributed by atoms with Crippen LogP contribution in [0.25, 0.3) is 10.2 Å². The van der Waals surface area contributed by atoms with E-state index in [0.29, 0.717) is 18.2 Å². The normalized spacial score (nSPS) is 12.2. The van der Waals surface area contributed by atoms with Crippen molar-refractivity contribution < 1.29 is 4.74 Å². The second-order valence-corrected chi connectivity index (χ2v) is 5.69. The van der Waals surface area contributed by atoms with Crippen molar-refractivity contribution in [2.45, 2.75) is 33.3 Å². The van der Waals surface area contributed by atoms with Crippen molar-refractivity contribution in [3.8, 4) is 0 Å². The summed E-state index contributed by atoms with van der Waals surface area (Å²) >= 11 is 1.63. The topological polar surface area (TPSA) is 61.0 Å². The summed E-state index contributed by atoms with van der Waals surface area (Å²) in [5.41, 5.74) is 5.46. The quantitative estimate of drug-likeness (QED) is 0.911. The van der Waals surface area contributed by atoms with E-state index in [2.05, 4.69) is 9.97 Å². The summed E-state index contributed by atoms with van der Waals surface area (Å²) in [7, 11) is 0. The second kappa shape index (κ2) is 4.23. The van der Waals surface area contributed by atoms with Crippen molar-refractivity contribution in [3.05, 3.63) is 16.8 Å². The monoisotopic (exact) mass is 251 g/mol. The molecule has 0 fully saturated rings. The van der Waals surface area contributed by atoms with Crippen molar-refractivity contribution >= 4 is 27.4 Å². The largest absolute Gasteiger partial charge is 0.383 e. The smallest absolute Gasteiger partial charge is 0.163 e. The molecule has 0 bridgehead atoms. The zero-order valence-corrected chi connectivity index (χ0v) is 11.4. The van der Waals surface area contributed by atoms with Crippen LogP contribution in [0.4, 0.5) is 5.82 Å². The first-order valence-electron chi connectivity index (χ1n) is 5.62. The van der Waals surface area contributed by atoms with Gasteiger partial charge >= 0.3 is 0 Å². The van der Waals surface area contributed by atoms with Gasteiger partial charge in [-0.1, -0.05) is 0 Å². The Morgan fingerprint density at radius 3 is 2.76 bits per heavy atom. The maximum atomic E-state index is 5.96. The molecule has 5 heteroatoms. The van der Waals surface area contributed by atoms with Crippen LogP contribution in [0.15, 0.2) is 6.07 Å². The summed E-state index contributed by atoms with van der Waals surface area (Å²) < 4.78 is 5.65. The molecule has 0 amide bonds. The van der Waals surface area contributed by atoms with Gasteiger partial charge in [0.15, 0.2) is 5.82 Å². The summed E-state index contributed by atoms with van der Waals surface area (Å²) in [6.45, 7) is 8.53. The maximum Gasteiger partial charge on any atom is 0.163 e. The highest BCUT2D eigenvalue weighted by atomic mass is 32.1. The molecule has 0 unspecified atom stereocenters. The fraction of sp³-hybridized carbons (Fsp3) is 0.500. The molecular formula is C12H17N3OS. The molecule has 0 saturated heterocycles. The number of nitrogens with two attached hydrogens (primary N) is 1. The number of nitrogens with zero attached hydrogens (tertiary/aromatic N) is 2. The second-order valence-electron chi connectivity index (χ2n) is 4.45. The van der Waals surface area contributed by atoms with Gasteiger partial charge in [-0.05, 0) is 33.8 Å². The molecule has 2 N–H and O–H groups in total. The SMILES string of the molecule is CCOC(C)(C)c1nc(N)c2cc(C)sc2n1. The highest BCUT2D eigenvalue weighted by Gasteiger charge is 2.25. The standard InChI is InChI=1S/C12H17N3OS/c1-5-16-12(3,4)11-14-9(13)8-6-7(2)17-10(8)15-11/h6H,5H2,1-4H3,(H2,13,14,15). The average molecular weight is 251 g/mol. The van der Waals surface area contributed by atoms with E-state index in [1.807, 2.05) is 33.8 Å². The summed E-state index contributed by atoms with van der Waals surface area (Å²) in [6, 6.07) is 2.02. The number of ether oxygens (including phenoxy) is 1. The molecule has 0 saturated carbocycles. The van der Waals surface area contributed by atoms with E-state index in [9.17, 15) is 0 Å². The van der Waals surface area contributed by atoms with Crippen molar-refractivity contribution in [3.63, 3.8) is 0 Å². The highest BCUT2D eigenvalue weighted by Crippen LogP contribution is 2.30. The lowest BCUT2D eigenvalue weighted by molar-refractivity contribution is -0.0204.